The SMILES string of the molecule is Cc1cccc(C2CC(F)CCN2)c1. The van der Waals surface area contributed by atoms with Crippen molar-refractivity contribution in [3.8, 4) is 0 Å². The third kappa shape index (κ3) is 2.13. The Labute approximate surface area is 84.3 Å². The fraction of sp³-hybridized carbons (Fsp3) is 0.500. The van der Waals surface area contributed by atoms with E-state index in [0.29, 0.717) is 12.8 Å². The van der Waals surface area contributed by atoms with Crippen molar-refractivity contribution in [3.05, 3.63) is 35.4 Å². The van der Waals surface area contributed by atoms with Crippen LogP contribution in [0.5, 0.6) is 0 Å². The summed E-state index contributed by atoms with van der Waals surface area (Å²) in [6.07, 6.45) is 0.632. The minimum atomic E-state index is -0.637. The summed E-state index contributed by atoms with van der Waals surface area (Å²) in [4.78, 5) is 0. The molecule has 1 aromatic rings. The standard InChI is InChI=1S/C12H16FN/c1-9-3-2-4-10(7-9)12-8-11(13)5-6-14-12/h2-4,7,11-12,14H,5-6,8H2,1H3. The number of hydrogen-bond acceptors (Lipinski definition) is 1. The van der Waals surface area contributed by atoms with E-state index in [2.05, 4.69) is 30.4 Å². The average molecular weight is 193 g/mol. The molecule has 1 N–H and O–H groups in total. The molecule has 1 aliphatic heterocycles. The maximum atomic E-state index is 13.2. The summed E-state index contributed by atoms with van der Waals surface area (Å²) < 4.78 is 13.2. The van der Waals surface area contributed by atoms with Crippen LogP contribution in [0.4, 0.5) is 4.39 Å². The zero-order chi connectivity index (χ0) is 9.97. The van der Waals surface area contributed by atoms with Crippen LogP contribution in [-0.4, -0.2) is 12.7 Å². The van der Waals surface area contributed by atoms with Crippen molar-refractivity contribution in [3.63, 3.8) is 0 Å². The molecule has 2 heteroatoms. The van der Waals surface area contributed by atoms with E-state index < -0.39 is 6.17 Å². The second-order valence-electron chi connectivity index (χ2n) is 4.04. The molecule has 2 unspecified atom stereocenters. The lowest BCUT2D eigenvalue weighted by atomic mass is 9.95. The first kappa shape index (κ1) is 9.66. The maximum Gasteiger partial charge on any atom is 0.103 e. The van der Waals surface area contributed by atoms with E-state index in [4.69, 9.17) is 0 Å². The second-order valence-corrected chi connectivity index (χ2v) is 4.04. The van der Waals surface area contributed by atoms with Gasteiger partial charge in [0.2, 0.25) is 0 Å². The molecule has 0 saturated carbocycles. The van der Waals surface area contributed by atoms with Gasteiger partial charge in [-0.1, -0.05) is 29.8 Å². The van der Waals surface area contributed by atoms with Crippen LogP contribution in [0.15, 0.2) is 24.3 Å². The molecule has 1 saturated heterocycles. The number of benzene rings is 1. The largest absolute Gasteiger partial charge is 0.310 e. The van der Waals surface area contributed by atoms with Crippen LogP contribution < -0.4 is 5.32 Å². The summed E-state index contributed by atoms with van der Waals surface area (Å²) in [6.45, 7) is 2.86. The van der Waals surface area contributed by atoms with Crippen molar-refractivity contribution in [2.75, 3.05) is 6.54 Å². The Kier molecular flexibility index (Phi) is 2.82. The monoisotopic (exact) mass is 193 g/mol. The second kappa shape index (κ2) is 4.09. The van der Waals surface area contributed by atoms with E-state index in [-0.39, 0.29) is 6.04 Å². The van der Waals surface area contributed by atoms with Crippen LogP contribution in [0, 0.1) is 6.92 Å². The highest BCUT2D eigenvalue weighted by Crippen LogP contribution is 2.25. The van der Waals surface area contributed by atoms with Gasteiger partial charge in [0.25, 0.3) is 0 Å². The normalized spacial score (nSPS) is 27.6. The summed E-state index contributed by atoms with van der Waals surface area (Å²) >= 11 is 0. The highest BCUT2D eigenvalue weighted by Gasteiger charge is 2.21. The minimum absolute atomic E-state index is 0.207. The lowest BCUT2D eigenvalue weighted by molar-refractivity contribution is 0.224. The number of halogens is 1. The fourth-order valence-electron chi connectivity index (χ4n) is 2.01. The first-order valence-electron chi connectivity index (χ1n) is 5.20. The average Bonchev–Trinajstić information content (AvgIpc) is 2.18. The molecule has 1 heterocycles. The van der Waals surface area contributed by atoms with Gasteiger partial charge in [0, 0.05) is 6.04 Å². The highest BCUT2D eigenvalue weighted by molar-refractivity contribution is 5.25. The molecule has 0 aliphatic carbocycles. The Morgan fingerprint density at radius 3 is 3.00 bits per heavy atom. The lowest BCUT2D eigenvalue weighted by Crippen LogP contribution is -2.32. The van der Waals surface area contributed by atoms with Gasteiger partial charge in [-0.25, -0.2) is 4.39 Å². The molecule has 0 spiro atoms. The van der Waals surface area contributed by atoms with Crippen molar-refractivity contribution in [2.24, 2.45) is 0 Å². The van der Waals surface area contributed by atoms with Gasteiger partial charge in [0.15, 0.2) is 0 Å². The fourth-order valence-corrected chi connectivity index (χ4v) is 2.01. The van der Waals surface area contributed by atoms with E-state index in [9.17, 15) is 4.39 Å². The maximum absolute atomic E-state index is 13.2. The molecule has 1 fully saturated rings. The van der Waals surface area contributed by atoms with Crippen LogP contribution in [0.3, 0.4) is 0 Å². The number of alkyl halides is 1. The molecule has 1 aromatic carbocycles. The van der Waals surface area contributed by atoms with Crippen LogP contribution >= 0.6 is 0 Å². The van der Waals surface area contributed by atoms with Crippen molar-refractivity contribution < 1.29 is 4.39 Å². The Bertz CT molecular complexity index is 311. The highest BCUT2D eigenvalue weighted by atomic mass is 19.1. The number of nitrogens with one attached hydrogen (secondary N) is 1. The molecule has 0 aromatic heterocycles. The first-order valence-corrected chi connectivity index (χ1v) is 5.20. The predicted molar refractivity (Wildman–Crippen MR) is 56.1 cm³/mol. The topological polar surface area (TPSA) is 12.0 Å². The Morgan fingerprint density at radius 1 is 1.43 bits per heavy atom. The van der Waals surface area contributed by atoms with Gasteiger partial charge in [0.05, 0.1) is 0 Å². The Balaban J connectivity index is 2.14. The van der Waals surface area contributed by atoms with Crippen LogP contribution in [-0.2, 0) is 0 Å². The minimum Gasteiger partial charge on any atom is -0.310 e. The molecule has 14 heavy (non-hydrogen) atoms. The van der Waals surface area contributed by atoms with Crippen LogP contribution in [0.25, 0.3) is 0 Å². The van der Waals surface area contributed by atoms with Gasteiger partial charge in [-0.15, -0.1) is 0 Å². The molecule has 2 atom stereocenters. The van der Waals surface area contributed by atoms with E-state index in [1.807, 2.05) is 6.07 Å². The molecule has 1 aliphatic rings. The number of rotatable bonds is 1. The molecular weight excluding hydrogens is 177 g/mol. The number of piperidine rings is 1. The van der Waals surface area contributed by atoms with Gasteiger partial charge < -0.3 is 5.32 Å². The van der Waals surface area contributed by atoms with E-state index in [1.54, 1.807) is 0 Å². The summed E-state index contributed by atoms with van der Waals surface area (Å²) in [6, 6.07) is 8.52. The zero-order valence-corrected chi connectivity index (χ0v) is 8.46. The summed E-state index contributed by atoms with van der Waals surface area (Å²) in [5, 5.41) is 3.35. The molecule has 2 rings (SSSR count). The molecule has 1 nitrogen and oxygen atoms in total. The summed E-state index contributed by atoms with van der Waals surface area (Å²) in [5.74, 6) is 0. The van der Waals surface area contributed by atoms with Crippen molar-refractivity contribution >= 4 is 0 Å². The van der Waals surface area contributed by atoms with E-state index in [0.717, 1.165) is 6.54 Å². The molecule has 0 amide bonds. The van der Waals surface area contributed by atoms with Gasteiger partial charge in [0.1, 0.15) is 6.17 Å². The van der Waals surface area contributed by atoms with Crippen molar-refractivity contribution in [1.29, 1.82) is 0 Å². The molecule has 0 radical (unpaired) electrons. The van der Waals surface area contributed by atoms with Crippen molar-refractivity contribution in [1.82, 2.24) is 5.32 Å². The van der Waals surface area contributed by atoms with E-state index >= 15 is 0 Å². The summed E-state index contributed by atoms with van der Waals surface area (Å²) in [5.41, 5.74) is 2.46. The number of aryl methyl sites for hydroxylation is 1. The van der Waals surface area contributed by atoms with E-state index in [1.165, 1.54) is 11.1 Å². The Morgan fingerprint density at radius 2 is 2.29 bits per heavy atom. The predicted octanol–water partition coefficient (Wildman–Crippen LogP) is 2.76. The number of hydrogen-bond donors (Lipinski definition) is 1. The first-order chi connectivity index (χ1) is 6.75. The van der Waals surface area contributed by atoms with Crippen LogP contribution in [0.1, 0.15) is 30.0 Å². The van der Waals surface area contributed by atoms with Gasteiger partial charge in [-0.3, -0.25) is 0 Å². The smallest absolute Gasteiger partial charge is 0.103 e. The third-order valence-corrected chi connectivity index (χ3v) is 2.78. The zero-order valence-electron chi connectivity index (χ0n) is 8.46. The van der Waals surface area contributed by atoms with Crippen molar-refractivity contribution in [2.45, 2.75) is 32.0 Å². The van der Waals surface area contributed by atoms with Gasteiger partial charge >= 0.3 is 0 Å². The lowest BCUT2D eigenvalue weighted by Gasteiger charge is -2.26. The van der Waals surface area contributed by atoms with Gasteiger partial charge in [-0.2, -0.15) is 0 Å². The Hall–Kier alpha value is -0.890. The quantitative estimate of drug-likeness (QED) is 0.723. The molecule has 0 bridgehead atoms. The van der Waals surface area contributed by atoms with Gasteiger partial charge in [-0.05, 0) is 31.9 Å². The molecule has 76 valence electrons. The van der Waals surface area contributed by atoms with Crippen LogP contribution in [0.2, 0.25) is 0 Å². The molecular formula is C12H16FN. The third-order valence-electron chi connectivity index (χ3n) is 2.78. The summed E-state index contributed by atoms with van der Waals surface area (Å²) in [7, 11) is 0.